The van der Waals surface area contributed by atoms with Gasteiger partial charge in [0.05, 0.1) is 28.3 Å². The van der Waals surface area contributed by atoms with E-state index in [0.29, 0.717) is 33.7 Å². The van der Waals surface area contributed by atoms with Gasteiger partial charge in [-0.1, -0.05) is 41.9 Å². The summed E-state index contributed by atoms with van der Waals surface area (Å²) in [6.07, 6.45) is 1.07. The third-order valence-electron chi connectivity index (χ3n) is 3.92. The Morgan fingerprint density at radius 3 is 2.79 bits per heavy atom. The van der Waals surface area contributed by atoms with Crippen LogP contribution in [0.2, 0.25) is 10.0 Å². The molecule has 2 fully saturated rings. The van der Waals surface area contributed by atoms with Crippen molar-refractivity contribution >= 4 is 61.6 Å². The zero-order valence-electron chi connectivity index (χ0n) is 12.9. The normalized spacial score (nSPS) is 26.8. The maximum atomic E-state index is 12.0. The van der Waals surface area contributed by atoms with Crippen LogP contribution >= 0.6 is 35.0 Å². The smallest absolute Gasteiger partial charge is 0.248 e. The molecular formula is C15H16Cl2N2O3S2. The van der Waals surface area contributed by atoms with Crippen molar-refractivity contribution in [3.8, 4) is 0 Å². The van der Waals surface area contributed by atoms with Gasteiger partial charge < -0.3 is 4.90 Å². The number of amidine groups is 1. The van der Waals surface area contributed by atoms with Gasteiger partial charge >= 0.3 is 0 Å². The Kier molecular flexibility index (Phi) is 5.16. The van der Waals surface area contributed by atoms with E-state index in [1.807, 2.05) is 6.92 Å². The second-order valence-corrected chi connectivity index (χ2v) is 10.0. The Morgan fingerprint density at radius 2 is 2.12 bits per heavy atom. The molecule has 0 radical (unpaired) electrons. The summed E-state index contributed by atoms with van der Waals surface area (Å²) in [6, 6.07) is 4.76. The van der Waals surface area contributed by atoms with E-state index in [1.54, 1.807) is 23.1 Å². The molecule has 0 unspecified atom stereocenters. The molecule has 0 saturated carbocycles. The van der Waals surface area contributed by atoms with Crippen LogP contribution in [0.3, 0.4) is 0 Å². The Bertz CT molecular complexity index is 811. The van der Waals surface area contributed by atoms with Crippen LogP contribution in [-0.4, -0.2) is 42.3 Å². The van der Waals surface area contributed by atoms with Crippen molar-refractivity contribution in [2.75, 3.05) is 16.4 Å². The number of amides is 1. The fourth-order valence-corrected chi connectivity index (χ4v) is 7.32. The molecule has 1 aromatic carbocycles. The van der Waals surface area contributed by atoms with Crippen LogP contribution in [0.5, 0.6) is 0 Å². The average Bonchev–Trinajstić information content (AvgIpc) is 2.91. The molecule has 0 spiro atoms. The predicted molar refractivity (Wildman–Crippen MR) is 100 cm³/mol. The van der Waals surface area contributed by atoms with Crippen LogP contribution in [0.15, 0.2) is 23.2 Å². The van der Waals surface area contributed by atoms with Crippen LogP contribution in [0.4, 0.5) is 5.69 Å². The van der Waals surface area contributed by atoms with E-state index >= 15 is 0 Å². The summed E-state index contributed by atoms with van der Waals surface area (Å²) in [5.74, 6) is -0.0896. The van der Waals surface area contributed by atoms with Gasteiger partial charge in [0.15, 0.2) is 15.0 Å². The van der Waals surface area contributed by atoms with Crippen LogP contribution in [0.25, 0.3) is 0 Å². The maximum Gasteiger partial charge on any atom is 0.248 e. The number of hydrogen-bond donors (Lipinski definition) is 0. The quantitative estimate of drug-likeness (QED) is 0.769. The summed E-state index contributed by atoms with van der Waals surface area (Å²) in [4.78, 5) is 17.9. The molecule has 0 N–H and O–H groups in total. The molecule has 0 aromatic heterocycles. The van der Waals surface area contributed by atoms with Crippen LogP contribution in [0.1, 0.15) is 19.8 Å². The van der Waals surface area contributed by atoms with Crippen molar-refractivity contribution in [1.82, 2.24) is 0 Å². The van der Waals surface area contributed by atoms with E-state index in [1.165, 1.54) is 11.8 Å². The molecule has 2 atom stereocenters. The predicted octanol–water partition coefficient (Wildman–Crippen LogP) is 3.39. The molecular weight excluding hydrogens is 391 g/mol. The number of sulfone groups is 1. The fraction of sp³-hybridized carbons (Fsp3) is 0.467. The van der Waals surface area contributed by atoms with Gasteiger partial charge in [-0.25, -0.2) is 8.42 Å². The van der Waals surface area contributed by atoms with Gasteiger partial charge in [0.2, 0.25) is 5.91 Å². The Labute approximate surface area is 155 Å². The Morgan fingerprint density at radius 1 is 1.38 bits per heavy atom. The average molecular weight is 407 g/mol. The highest BCUT2D eigenvalue weighted by Crippen LogP contribution is 2.43. The van der Waals surface area contributed by atoms with E-state index in [-0.39, 0.29) is 28.7 Å². The number of thioether (sulfide) groups is 1. The molecule has 2 heterocycles. The lowest BCUT2D eigenvalue weighted by Gasteiger charge is -2.25. The highest BCUT2D eigenvalue weighted by atomic mass is 35.5. The summed E-state index contributed by atoms with van der Waals surface area (Å²) in [7, 11) is -3.10. The first kappa shape index (κ1) is 18.0. The number of carbonyl (C=O) groups is 1. The van der Waals surface area contributed by atoms with E-state index in [4.69, 9.17) is 23.2 Å². The number of fused-ring (bicyclic) bond motifs is 1. The van der Waals surface area contributed by atoms with Gasteiger partial charge in [-0.05, 0) is 24.6 Å². The maximum absolute atomic E-state index is 12.0. The highest BCUT2D eigenvalue weighted by molar-refractivity contribution is 8.16. The van der Waals surface area contributed by atoms with Gasteiger partial charge in [0, 0.05) is 16.7 Å². The SMILES string of the molecule is CCCC(=O)N=C1S[C@@H]2CS(=O)(=O)C[C@@H]2N1c1ccc(Cl)cc1Cl. The van der Waals surface area contributed by atoms with Gasteiger partial charge in [-0.2, -0.15) is 4.99 Å². The lowest BCUT2D eigenvalue weighted by Crippen LogP contribution is -2.37. The molecule has 1 amide bonds. The summed E-state index contributed by atoms with van der Waals surface area (Å²) in [5.41, 5.74) is 0.626. The van der Waals surface area contributed by atoms with Crippen molar-refractivity contribution in [2.24, 2.45) is 4.99 Å². The minimum atomic E-state index is -3.10. The molecule has 130 valence electrons. The molecule has 3 rings (SSSR count). The van der Waals surface area contributed by atoms with Gasteiger partial charge in [-0.15, -0.1) is 0 Å². The van der Waals surface area contributed by atoms with E-state index in [0.717, 1.165) is 0 Å². The van der Waals surface area contributed by atoms with Gasteiger partial charge in [0.1, 0.15) is 0 Å². The number of anilines is 1. The molecule has 2 aliphatic heterocycles. The first-order valence-corrected chi connectivity index (χ1v) is 11.0. The number of halogens is 2. The monoisotopic (exact) mass is 406 g/mol. The van der Waals surface area contributed by atoms with Gasteiger partial charge in [0.25, 0.3) is 0 Å². The van der Waals surface area contributed by atoms with Crippen LogP contribution in [-0.2, 0) is 14.6 Å². The second kappa shape index (κ2) is 6.86. The lowest BCUT2D eigenvalue weighted by atomic mass is 10.2. The number of benzene rings is 1. The number of rotatable bonds is 3. The molecule has 5 nitrogen and oxygen atoms in total. The molecule has 9 heteroatoms. The molecule has 2 aliphatic rings. The van der Waals surface area contributed by atoms with Crippen molar-refractivity contribution in [2.45, 2.75) is 31.1 Å². The lowest BCUT2D eigenvalue weighted by molar-refractivity contribution is -0.117. The topological polar surface area (TPSA) is 66.8 Å². The fourth-order valence-electron chi connectivity index (χ4n) is 2.90. The largest absolute Gasteiger partial charge is 0.314 e. The zero-order valence-corrected chi connectivity index (χ0v) is 16.1. The van der Waals surface area contributed by atoms with E-state index in [2.05, 4.69) is 4.99 Å². The number of carbonyl (C=O) groups excluding carboxylic acids is 1. The summed E-state index contributed by atoms with van der Waals surface area (Å²) >= 11 is 13.6. The first-order valence-electron chi connectivity index (χ1n) is 7.53. The van der Waals surface area contributed by atoms with Crippen LogP contribution < -0.4 is 4.90 Å². The third-order valence-corrected chi connectivity index (χ3v) is 7.67. The Hall–Kier alpha value is -0.760. The summed E-state index contributed by atoms with van der Waals surface area (Å²) < 4.78 is 24.0. The molecule has 24 heavy (non-hydrogen) atoms. The van der Waals surface area contributed by atoms with Crippen LogP contribution in [0, 0.1) is 0 Å². The number of hydrogen-bond acceptors (Lipinski definition) is 4. The second-order valence-electron chi connectivity index (χ2n) is 5.80. The van der Waals surface area contributed by atoms with Crippen molar-refractivity contribution in [3.63, 3.8) is 0 Å². The molecule has 2 saturated heterocycles. The van der Waals surface area contributed by atoms with Crippen molar-refractivity contribution < 1.29 is 13.2 Å². The zero-order chi connectivity index (χ0) is 17.5. The highest BCUT2D eigenvalue weighted by Gasteiger charge is 2.49. The van der Waals surface area contributed by atoms with Crippen molar-refractivity contribution in [3.05, 3.63) is 28.2 Å². The van der Waals surface area contributed by atoms with E-state index in [9.17, 15) is 13.2 Å². The van der Waals surface area contributed by atoms with Gasteiger partial charge in [-0.3, -0.25) is 4.79 Å². The number of aliphatic imine (C=N–C) groups is 1. The minimum Gasteiger partial charge on any atom is -0.314 e. The number of nitrogens with zero attached hydrogens (tertiary/aromatic N) is 2. The standard InChI is InChI=1S/C15H16Cl2N2O3S2/c1-2-3-14(20)18-15-19(11-5-4-9(16)6-10(11)17)12-7-24(21,22)8-13(12)23-15/h4-6,12-13H,2-3,7-8H2,1H3/t12-,13+/m0/s1. The summed E-state index contributed by atoms with van der Waals surface area (Å²) in [5, 5.41) is 1.27. The Balaban J connectivity index is 2.03. The third kappa shape index (κ3) is 3.59. The summed E-state index contributed by atoms with van der Waals surface area (Å²) in [6.45, 7) is 1.91. The van der Waals surface area contributed by atoms with E-state index < -0.39 is 9.84 Å². The minimum absolute atomic E-state index is 0.0324. The first-order chi connectivity index (χ1) is 11.3. The van der Waals surface area contributed by atoms with Crippen molar-refractivity contribution in [1.29, 1.82) is 0 Å². The molecule has 1 aromatic rings. The molecule has 0 aliphatic carbocycles. The molecule has 0 bridgehead atoms.